The number of nitrogens with one attached hydrogen (secondary N) is 3. The highest BCUT2D eigenvalue weighted by Crippen LogP contribution is 2.16. The van der Waals surface area contributed by atoms with Gasteiger partial charge in [0.1, 0.15) is 28.6 Å². The Kier molecular flexibility index (Phi) is 7.49. The van der Waals surface area contributed by atoms with Crippen molar-refractivity contribution in [3.63, 3.8) is 0 Å². The number of hydrogen-bond acceptors (Lipinski definition) is 11. The number of aromatic carboxylic acids is 1. The van der Waals surface area contributed by atoms with Gasteiger partial charge in [-0.05, 0) is 46.6 Å². The number of carboxylic acid groups (broad SMARTS) is 1. The summed E-state index contributed by atoms with van der Waals surface area (Å²) in [6, 6.07) is 10.8. The molecular formula is C27H20FN7O8. The van der Waals surface area contributed by atoms with Gasteiger partial charge in [0.2, 0.25) is 0 Å². The van der Waals surface area contributed by atoms with Crippen molar-refractivity contribution in [2.24, 2.45) is 0 Å². The van der Waals surface area contributed by atoms with E-state index >= 15 is 0 Å². The second-order valence-electron chi connectivity index (χ2n) is 9.20. The van der Waals surface area contributed by atoms with Gasteiger partial charge in [-0.3, -0.25) is 23.7 Å². The molecule has 15 nitrogen and oxygen atoms in total. The van der Waals surface area contributed by atoms with Gasteiger partial charge in [-0.25, -0.2) is 23.4 Å². The van der Waals surface area contributed by atoms with E-state index in [1.807, 2.05) is 0 Å². The van der Waals surface area contributed by atoms with Crippen LogP contribution in [-0.4, -0.2) is 37.4 Å². The lowest BCUT2D eigenvalue weighted by atomic mass is 10.1. The number of carbonyl (C=O) groups excluding carboxylic acids is 2. The lowest BCUT2D eigenvalue weighted by molar-refractivity contribution is 0.0696. The van der Waals surface area contributed by atoms with E-state index in [0.29, 0.717) is 11.1 Å². The van der Waals surface area contributed by atoms with Crippen LogP contribution >= 0.6 is 0 Å². The molecule has 0 aliphatic heterocycles. The first-order valence-corrected chi connectivity index (χ1v) is 12.4. The maximum Gasteiger partial charge on any atom is 0.448 e. The molecule has 0 radical (unpaired) electrons. The molecule has 5 aromatic rings. The number of nitrogens with two attached hydrogens (primary N) is 1. The summed E-state index contributed by atoms with van der Waals surface area (Å²) in [4.78, 5) is 76.0. The molecule has 5 rings (SSSR count). The van der Waals surface area contributed by atoms with Crippen LogP contribution in [0.25, 0.3) is 5.78 Å². The third kappa shape index (κ3) is 5.69. The van der Waals surface area contributed by atoms with E-state index in [1.54, 1.807) is 0 Å². The van der Waals surface area contributed by atoms with E-state index in [-0.39, 0.29) is 59.3 Å². The van der Waals surface area contributed by atoms with Crippen LogP contribution in [0.4, 0.5) is 15.8 Å². The molecule has 0 aliphatic rings. The standard InChI is InChI=1S/C27H20FN7O8/c28-16-6-3-13(7-15(16)11-30-20-19(29)21(36)22(20)37)10-32-24(39)18-8-17(33-26-34-43-27(42)35(18)26)23(38)31-9-12-1-4-14(5-2-12)25(40)41/h1-8,30H,9-11,29H2,(H,31,38)(H,32,39)(H,40,41). The third-order valence-electron chi connectivity index (χ3n) is 6.41. The third-order valence-corrected chi connectivity index (χ3v) is 6.41. The van der Waals surface area contributed by atoms with Crippen molar-refractivity contribution in [2.75, 3.05) is 11.1 Å². The highest BCUT2D eigenvalue weighted by atomic mass is 19.1. The van der Waals surface area contributed by atoms with E-state index in [2.05, 4.69) is 30.6 Å². The highest BCUT2D eigenvalue weighted by molar-refractivity contribution is 5.98. The Hall–Kier alpha value is -6.19. The van der Waals surface area contributed by atoms with Gasteiger partial charge in [0.25, 0.3) is 28.4 Å². The van der Waals surface area contributed by atoms with Gasteiger partial charge in [0.05, 0.1) is 5.56 Å². The summed E-state index contributed by atoms with van der Waals surface area (Å²) in [5.74, 6) is -4.60. The van der Waals surface area contributed by atoms with E-state index in [9.17, 15) is 33.2 Å². The molecule has 3 aromatic carbocycles. The highest BCUT2D eigenvalue weighted by Gasteiger charge is 2.21. The van der Waals surface area contributed by atoms with Gasteiger partial charge < -0.3 is 26.8 Å². The predicted molar refractivity (Wildman–Crippen MR) is 147 cm³/mol. The van der Waals surface area contributed by atoms with Crippen LogP contribution in [0, 0.1) is 5.82 Å². The maximum atomic E-state index is 14.4. The van der Waals surface area contributed by atoms with E-state index in [0.717, 1.165) is 16.5 Å². The summed E-state index contributed by atoms with van der Waals surface area (Å²) in [6.07, 6.45) is 0. The van der Waals surface area contributed by atoms with Crippen LogP contribution in [0.3, 0.4) is 0 Å². The molecule has 16 heteroatoms. The van der Waals surface area contributed by atoms with Gasteiger partial charge in [0, 0.05) is 25.2 Å². The van der Waals surface area contributed by atoms with Gasteiger partial charge in [-0.15, -0.1) is 0 Å². The Morgan fingerprint density at radius 2 is 1.58 bits per heavy atom. The fraction of sp³-hybridized carbons (Fsp3) is 0.111. The number of amides is 2. The minimum absolute atomic E-state index is 0.00878. The molecule has 0 fully saturated rings. The van der Waals surface area contributed by atoms with Gasteiger partial charge in [-0.2, -0.15) is 0 Å². The van der Waals surface area contributed by atoms with Crippen molar-refractivity contribution in [2.45, 2.75) is 19.6 Å². The van der Waals surface area contributed by atoms with Crippen molar-refractivity contribution < 1.29 is 28.4 Å². The number of aromatic nitrogens is 3. The zero-order valence-corrected chi connectivity index (χ0v) is 21.8. The number of benzene rings is 2. The van der Waals surface area contributed by atoms with Gasteiger partial charge in [0.15, 0.2) is 0 Å². The zero-order chi connectivity index (χ0) is 30.8. The molecule has 2 amide bonds. The molecule has 218 valence electrons. The van der Waals surface area contributed by atoms with Crippen LogP contribution in [0.2, 0.25) is 0 Å². The first-order chi connectivity index (χ1) is 20.5. The number of nitrogen functional groups attached to an aromatic ring is 1. The number of carbonyl (C=O) groups is 3. The number of anilines is 2. The zero-order valence-electron chi connectivity index (χ0n) is 21.8. The molecule has 0 bridgehead atoms. The van der Waals surface area contributed by atoms with E-state index < -0.39 is 40.2 Å². The van der Waals surface area contributed by atoms with Crippen molar-refractivity contribution in [1.82, 2.24) is 25.2 Å². The molecule has 0 saturated carbocycles. The molecule has 2 aromatic heterocycles. The fourth-order valence-electron chi connectivity index (χ4n) is 4.09. The van der Waals surface area contributed by atoms with Crippen molar-refractivity contribution in [3.05, 3.63) is 119 Å². The summed E-state index contributed by atoms with van der Waals surface area (Å²) in [6.45, 7) is -0.285. The number of halogens is 1. The van der Waals surface area contributed by atoms with Crippen molar-refractivity contribution >= 4 is 34.9 Å². The Morgan fingerprint density at radius 1 is 0.907 bits per heavy atom. The SMILES string of the molecule is Nc1c(NCc2cc(CNC(=O)c3cc(C(=O)NCc4ccc(C(=O)O)cc4)nc4noc(=O)n34)ccc2F)c(=O)c1=O. The molecular weight excluding hydrogens is 569 g/mol. The largest absolute Gasteiger partial charge is 0.478 e. The van der Waals surface area contributed by atoms with Crippen LogP contribution < -0.4 is 38.3 Å². The number of fused-ring (bicyclic) bond motifs is 1. The smallest absolute Gasteiger partial charge is 0.448 e. The lowest BCUT2D eigenvalue weighted by Gasteiger charge is -2.12. The van der Waals surface area contributed by atoms with Crippen LogP contribution in [0.15, 0.2) is 67.4 Å². The monoisotopic (exact) mass is 589 g/mol. The van der Waals surface area contributed by atoms with Crippen LogP contribution in [0.1, 0.15) is 48.0 Å². The maximum absolute atomic E-state index is 14.4. The first-order valence-electron chi connectivity index (χ1n) is 12.4. The Balaban J connectivity index is 1.29. The number of nitrogens with zero attached hydrogens (tertiary/aromatic N) is 3. The Morgan fingerprint density at radius 3 is 2.28 bits per heavy atom. The van der Waals surface area contributed by atoms with Crippen LogP contribution in [0.5, 0.6) is 0 Å². The summed E-state index contributed by atoms with van der Waals surface area (Å²) in [7, 11) is 0. The molecule has 0 saturated heterocycles. The average molecular weight is 589 g/mol. The van der Waals surface area contributed by atoms with Crippen molar-refractivity contribution in [3.8, 4) is 0 Å². The molecule has 0 unspecified atom stereocenters. The quantitative estimate of drug-likeness (QED) is 0.137. The number of carboxylic acids is 1. The first kappa shape index (κ1) is 28.3. The Bertz CT molecular complexity index is 2040. The molecule has 2 heterocycles. The minimum atomic E-state index is -1.09. The molecule has 0 spiro atoms. The molecule has 0 aliphatic carbocycles. The fourth-order valence-corrected chi connectivity index (χ4v) is 4.09. The summed E-state index contributed by atoms with van der Waals surface area (Å²) in [5.41, 5.74) is 4.21. The Labute approximate surface area is 238 Å². The summed E-state index contributed by atoms with van der Waals surface area (Å²) < 4.78 is 19.7. The number of hydrogen-bond donors (Lipinski definition) is 5. The predicted octanol–water partition coefficient (Wildman–Crippen LogP) is 0.170. The second kappa shape index (κ2) is 11.4. The normalized spacial score (nSPS) is 11.0. The van der Waals surface area contributed by atoms with Crippen LogP contribution in [-0.2, 0) is 19.6 Å². The summed E-state index contributed by atoms with van der Waals surface area (Å²) >= 11 is 0. The second-order valence-corrected chi connectivity index (χ2v) is 9.20. The molecule has 43 heavy (non-hydrogen) atoms. The average Bonchev–Trinajstić information content (AvgIpc) is 3.39. The lowest BCUT2D eigenvalue weighted by Crippen LogP contribution is -2.37. The summed E-state index contributed by atoms with van der Waals surface area (Å²) in [5, 5.41) is 20.3. The molecule has 6 N–H and O–H groups in total. The minimum Gasteiger partial charge on any atom is -0.478 e. The van der Waals surface area contributed by atoms with E-state index in [1.165, 1.54) is 36.4 Å². The topological polar surface area (TPSA) is 228 Å². The van der Waals surface area contributed by atoms with Crippen molar-refractivity contribution in [1.29, 1.82) is 0 Å². The van der Waals surface area contributed by atoms with Gasteiger partial charge >= 0.3 is 11.7 Å². The molecule has 0 atom stereocenters. The van der Waals surface area contributed by atoms with E-state index in [4.69, 9.17) is 10.8 Å². The van der Waals surface area contributed by atoms with Gasteiger partial charge in [-0.1, -0.05) is 18.2 Å². The number of rotatable bonds is 10.